The predicted molar refractivity (Wildman–Crippen MR) is 114 cm³/mol. The Bertz CT molecular complexity index is 907. The van der Waals surface area contributed by atoms with Crippen molar-refractivity contribution in [2.75, 3.05) is 0 Å². The molecule has 9 rings (SSSR count). The van der Waals surface area contributed by atoms with Crippen LogP contribution in [-0.4, -0.2) is 30.4 Å². The number of fused-ring (bicyclic) bond motifs is 6. The first kappa shape index (κ1) is 18.1. The molecule has 8 aliphatic rings. The highest BCUT2D eigenvalue weighted by Crippen LogP contribution is 2.70. The summed E-state index contributed by atoms with van der Waals surface area (Å²) in [6.07, 6.45) is 12.1. The van der Waals surface area contributed by atoms with Crippen LogP contribution in [0.15, 0.2) is 18.2 Å². The van der Waals surface area contributed by atoms with Gasteiger partial charge >= 0.3 is 5.97 Å². The highest BCUT2D eigenvalue weighted by atomic mass is 16.5. The number of hydrogen-bond acceptors (Lipinski definition) is 4. The van der Waals surface area contributed by atoms with Gasteiger partial charge in [0.25, 0.3) is 0 Å². The highest BCUT2D eigenvalue weighted by Gasteiger charge is 2.72. The molecule has 9 atom stereocenters. The minimum atomic E-state index is 0.0258. The molecule has 4 aliphatic carbocycles. The first-order valence-corrected chi connectivity index (χ1v) is 12.9. The van der Waals surface area contributed by atoms with Crippen LogP contribution in [0.1, 0.15) is 56.1 Å². The molecule has 4 nitrogen and oxygen atoms in total. The third-order valence-electron chi connectivity index (χ3n) is 10.5. The van der Waals surface area contributed by atoms with E-state index in [1.165, 1.54) is 49.7 Å². The van der Waals surface area contributed by atoms with Gasteiger partial charge in [0.1, 0.15) is 5.75 Å². The van der Waals surface area contributed by atoms with Crippen LogP contribution in [0, 0.1) is 41.4 Å². The minimum absolute atomic E-state index is 0.0258. The second kappa shape index (κ2) is 6.35. The Kier molecular flexibility index (Phi) is 3.70. The van der Waals surface area contributed by atoms with E-state index in [4.69, 9.17) is 14.2 Å². The van der Waals surface area contributed by atoms with E-state index in [-0.39, 0.29) is 11.9 Å². The first-order chi connectivity index (χ1) is 15.3. The van der Waals surface area contributed by atoms with Crippen molar-refractivity contribution < 1.29 is 19.0 Å². The highest BCUT2D eigenvalue weighted by molar-refractivity contribution is 5.76. The van der Waals surface area contributed by atoms with Gasteiger partial charge in [0.05, 0.1) is 30.3 Å². The maximum atomic E-state index is 13.7. The van der Waals surface area contributed by atoms with E-state index < -0.39 is 0 Å². The first-order valence-electron chi connectivity index (χ1n) is 12.9. The largest absolute Gasteiger partial charge is 0.426 e. The number of hydrogen-bond donors (Lipinski definition) is 0. The molecule has 1 aromatic carbocycles. The molecule has 4 heteroatoms. The summed E-state index contributed by atoms with van der Waals surface area (Å²) in [6.45, 7) is 0. The smallest absolute Gasteiger partial charge is 0.314 e. The molecule has 6 bridgehead atoms. The van der Waals surface area contributed by atoms with Crippen LogP contribution in [0.4, 0.5) is 0 Å². The van der Waals surface area contributed by atoms with E-state index in [1.54, 1.807) is 0 Å². The Morgan fingerprint density at radius 2 is 1.45 bits per heavy atom. The second-order valence-electron chi connectivity index (χ2n) is 11.5. The maximum Gasteiger partial charge on any atom is 0.314 e. The molecule has 31 heavy (non-hydrogen) atoms. The fourth-order valence-corrected chi connectivity index (χ4v) is 9.73. The van der Waals surface area contributed by atoms with E-state index in [9.17, 15) is 4.79 Å². The molecule has 7 fully saturated rings. The average molecular weight is 421 g/mol. The van der Waals surface area contributed by atoms with Gasteiger partial charge in [-0.2, -0.15) is 0 Å². The normalized spacial score (nSPS) is 50.3. The molecule has 0 amide bonds. The number of rotatable bonds is 2. The topological polar surface area (TPSA) is 44.8 Å². The van der Waals surface area contributed by atoms with Gasteiger partial charge in [-0.25, -0.2) is 0 Å². The molecule has 0 radical (unpaired) electrons. The summed E-state index contributed by atoms with van der Waals surface area (Å²) >= 11 is 0. The number of ether oxygens (including phenoxy) is 3. The molecular weight excluding hydrogens is 388 g/mol. The quantitative estimate of drug-likeness (QED) is 0.528. The van der Waals surface area contributed by atoms with Crippen molar-refractivity contribution in [1.82, 2.24) is 0 Å². The Morgan fingerprint density at radius 1 is 0.806 bits per heavy atom. The lowest BCUT2D eigenvalue weighted by molar-refractivity contribution is -0.164. The van der Waals surface area contributed by atoms with Crippen LogP contribution in [0.25, 0.3) is 0 Å². The zero-order valence-corrected chi connectivity index (χ0v) is 18.1. The standard InChI is InChI=1S/C27H32O4/c28-27(31-17-7-3-5-13-4-1-2-6-14(13)17)16-12-15-22-18-8-10-20(29-18)25(22)24(16)26-21-11-9-19(30-21)23(15)26/h3,5,7,15-16,18-26H,1-2,4,6,8-12H2. The predicted octanol–water partition coefficient (Wildman–Crippen LogP) is 4.32. The van der Waals surface area contributed by atoms with E-state index >= 15 is 0 Å². The molecule has 4 saturated heterocycles. The number of esters is 1. The van der Waals surface area contributed by atoms with E-state index in [1.807, 2.05) is 6.07 Å². The van der Waals surface area contributed by atoms with E-state index in [2.05, 4.69) is 12.1 Å². The van der Waals surface area contributed by atoms with Crippen LogP contribution < -0.4 is 4.74 Å². The molecule has 3 saturated carbocycles. The van der Waals surface area contributed by atoms with Crippen molar-refractivity contribution in [3.63, 3.8) is 0 Å². The Hall–Kier alpha value is -1.39. The molecule has 4 aliphatic heterocycles. The average Bonchev–Trinajstić information content (AvgIpc) is 3.61. The summed E-state index contributed by atoms with van der Waals surface area (Å²) in [5.41, 5.74) is 2.66. The second-order valence-corrected chi connectivity index (χ2v) is 11.5. The fraction of sp³-hybridized carbons (Fsp3) is 0.741. The van der Waals surface area contributed by atoms with Gasteiger partial charge in [0.2, 0.25) is 0 Å². The molecule has 0 N–H and O–H groups in total. The third kappa shape index (κ3) is 2.31. The minimum Gasteiger partial charge on any atom is -0.426 e. The summed E-state index contributed by atoms with van der Waals surface area (Å²) in [7, 11) is 0. The Morgan fingerprint density at radius 3 is 2.16 bits per heavy atom. The SMILES string of the molecule is O=C(Oc1cccc2c1CCCC2)C1CC2C3C4CCC(O4)C3C1C1C3CCC(O3)C21. The number of carbonyl (C=O) groups excluding carboxylic acids is 1. The summed E-state index contributed by atoms with van der Waals surface area (Å²) in [4.78, 5) is 13.7. The van der Waals surface area contributed by atoms with E-state index in [0.717, 1.165) is 25.0 Å². The molecule has 164 valence electrons. The van der Waals surface area contributed by atoms with Crippen LogP contribution in [0.2, 0.25) is 0 Å². The fourth-order valence-electron chi connectivity index (χ4n) is 9.73. The molecule has 1 aromatic rings. The Labute approximate surface area is 184 Å². The van der Waals surface area contributed by atoms with Crippen LogP contribution in [0.3, 0.4) is 0 Å². The van der Waals surface area contributed by atoms with Gasteiger partial charge < -0.3 is 14.2 Å². The van der Waals surface area contributed by atoms with Gasteiger partial charge in [-0.3, -0.25) is 4.79 Å². The van der Waals surface area contributed by atoms with Crippen LogP contribution in [-0.2, 0) is 27.1 Å². The summed E-state index contributed by atoms with van der Waals surface area (Å²) in [6, 6.07) is 6.30. The molecule has 0 aromatic heterocycles. The monoisotopic (exact) mass is 420 g/mol. The van der Waals surface area contributed by atoms with Gasteiger partial charge in [-0.1, -0.05) is 12.1 Å². The van der Waals surface area contributed by atoms with Crippen LogP contribution >= 0.6 is 0 Å². The van der Waals surface area contributed by atoms with Crippen molar-refractivity contribution in [1.29, 1.82) is 0 Å². The molecule has 0 spiro atoms. The molecular formula is C27H32O4. The van der Waals surface area contributed by atoms with Gasteiger partial charge in [0.15, 0.2) is 0 Å². The number of aryl methyl sites for hydroxylation is 1. The summed E-state index contributed by atoms with van der Waals surface area (Å²) in [5, 5.41) is 0. The number of benzene rings is 1. The van der Waals surface area contributed by atoms with E-state index in [0.29, 0.717) is 59.9 Å². The van der Waals surface area contributed by atoms with Crippen molar-refractivity contribution >= 4 is 5.97 Å². The van der Waals surface area contributed by atoms with Gasteiger partial charge in [-0.15, -0.1) is 0 Å². The summed E-state index contributed by atoms with van der Waals surface area (Å²) < 4.78 is 19.2. The third-order valence-corrected chi connectivity index (χ3v) is 10.5. The zero-order valence-electron chi connectivity index (χ0n) is 18.1. The lowest BCUT2D eigenvalue weighted by Crippen LogP contribution is -2.62. The van der Waals surface area contributed by atoms with Crippen molar-refractivity contribution in [3.05, 3.63) is 29.3 Å². The summed E-state index contributed by atoms with van der Waals surface area (Å²) in [5.74, 6) is 4.35. The molecule has 4 heterocycles. The Balaban J connectivity index is 1.14. The lowest BCUT2D eigenvalue weighted by Gasteiger charge is -2.59. The van der Waals surface area contributed by atoms with Gasteiger partial charge in [-0.05, 0) is 110 Å². The molecule has 9 unspecified atom stereocenters. The lowest BCUT2D eigenvalue weighted by atomic mass is 9.42. The zero-order chi connectivity index (χ0) is 20.3. The maximum absolute atomic E-state index is 13.7. The van der Waals surface area contributed by atoms with Crippen molar-refractivity contribution in [3.8, 4) is 5.75 Å². The van der Waals surface area contributed by atoms with Crippen LogP contribution in [0.5, 0.6) is 5.75 Å². The van der Waals surface area contributed by atoms with Crippen molar-refractivity contribution in [2.45, 2.75) is 82.2 Å². The van der Waals surface area contributed by atoms with Gasteiger partial charge in [0, 0.05) is 0 Å². The number of carbonyl (C=O) groups is 1. The van der Waals surface area contributed by atoms with Crippen molar-refractivity contribution in [2.24, 2.45) is 41.4 Å².